The second kappa shape index (κ2) is 7.40. The molecule has 0 spiro atoms. The smallest absolute Gasteiger partial charge is 0.245 e. The van der Waals surface area contributed by atoms with Crippen LogP contribution in [0.25, 0.3) is 0 Å². The molecule has 1 aliphatic heterocycles. The maximum Gasteiger partial charge on any atom is 0.245 e. The van der Waals surface area contributed by atoms with Crippen LogP contribution < -0.4 is 0 Å². The number of allylic oxidation sites excluding steroid dienone is 1. The van der Waals surface area contributed by atoms with Crippen molar-refractivity contribution in [1.29, 1.82) is 0 Å². The molecule has 2 amide bonds. The topological polar surface area (TPSA) is 40.6 Å². The normalized spacial score (nSPS) is 18.3. The number of carbonyl (C=O) groups excluding carboxylic acids is 2. The summed E-state index contributed by atoms with van der Waals surface area (Å²) in [5.41, 5.74) is 1.89. The number of amides is 2. The zero-order valence-corrected chi connectivity index (χ0v) is 13.9. The van der Waals surface area contributed by atoms with Crippen molar-refractivity contribution in [3.63, 3.8) is 0 Å². The SMILES string of the molecule is CC(C)=CCCN1C(=O)CN(Cc2cccc(F)c2)C(=O)[C@@H]1C. The van der Waals surface area contributed by atoms with Crippen LogP contribution in [0.1, 0.15) is 32.8 Å². The third kappa shape index (κ3) is 4.41. The molecule has 2 rings (SSSR count). The maximum atomic E-state index is 13.3. The summed E-state index contributed by atoms with van der Waals surface area (Å²) in [6.45, 7) is 6.62. The van der Waals surface area contributed by atoms with E-state index in [1.165, 1.54) is 22.6 Å². The number of hydrogen-bond donors (Lipinski definition) is 0. The summed E-state index contributed by atoms with van der Waals surface area (Å²) in [5.74, 6) is -0.489. The molecule has 4 nitrogen and oxygen atoms in total. The summed E-state index contributed by atoms with van der Waals surface area (Å²) in [7, 11) is 0. The molecule has 0 aliphatic carbocycles. The Morgan fingerprint density at radius 3 is 2.74 bits per heavy atom. The molecule has 124 valence electrons. The number of benzene rings is 1. The average Bonchev–Trinajstić information content (AvgIpc) is 2.48. The molecule has 0 N–H and O–H groups in total. The number of halogens is 1. The Morgan fingerprint density at radius 2 is 2.09 bits per heavy atom. The van der Waals surface area contributed by atoms with E-state index in [0.29, 0.717) is 12.1 Å². The molecule has 1 atom stereocenters. The van der Waals surface area contributed by atoms with Gasteiger partial charge in [0, 0.05) is 13.1 Å². The average molecular weight is 318 g/mol. The van der Waals surface area contributed by atoms with E-state index in [9.17, 15) is 14.0 Å². The van der Waals surface area contributed by atoms with Gasteiger partial charge in [0.25, 0.3) is 0 Å². The second-order valence-electron chi connectivity index (χ2n) is 6.16. The molecule has 0 radical (unpaired) electrons. The Morgan fingerprint density at radius 1 is 1.35 bits per heavy atom. The van der Waals surface area contributed by atoms with Crippen LogP contribution in [0.4, 0.5) is 4.39 Å². The van der Waals surface area contributed by atoms with Crippen LogP contribution in [-0.4, -0.2) is 40.7 Å². The monoisotopic (exact) mass is 318 g/mol. The summed E-state index contributed by atoms with van der Waals surface area (Å²) in [5, 5.41) is 0. The zero-order valence-electron chi connectivity index (χ0n) is 13.9. The van der Waals surface area contributed by atoms with Crippen molar-refractivity contribution < 1.29 is 14.0 Å². The predicted octanol–water partition coefficient (Wildman–Crippen LogP) is 2.74. The van der Waals surface area contributed by atoms with Crippen LogP contribution in [0.15, 0.2) is 35.9 Å². The molecule has 1 aromatic rings. The molecule has 1 saturated heterocycles. The maximum absolute atomic E-state index is 13.3. The molecule has 0 bridgehead atoms. The number of rotatable bonds is 5. The van der Waals surface area contributed by atoms with Gasteiger partial charge < -0.3 is 9.80 Å². The minimum Gasteiger partial charge on any atom is -0.329 e. The molecule has 0 aromatic heterocycles. The van der Waals surface area contributed by atoms with Crippen molar-refractivity contribution in [3.8, 4) is 0 Å². The number of nitrogens with zero attached hydrogens (tertiary/aromatic N) is 2. The van der Waals surface area contributed by atoms with E-state index in [1.807, 2.05) is 13.8 Å². The first-order valence-electron chi connectivity index (χ1n) is 7.84. The van der Waals surface area contributed by atoms with Crippen molar-refractivity contribution in [2.24, 2.45) is 0 Å². The zero-order chi connectivity index (χ0) is 17.0. The molecule has 5 heteroatoms. The van der Waals surface area contributed by atoms with Crippen molar-refractivity contribution in [3.05, 3.63) is 47.3 Å². The van der Waals surface area contributed by atoms with Gasteiger partial charge in [0.1, 0.15) is 18.4 Å². The van der Waals surface area contributed by atoms with Crippen molar-refractivity contribution >= 4 is 11.8 Å². The highest BCUT2D eigenvalue weighted by Gasteiger charge is 2.35. The van der Waals surface area contributed by atoms with Crippen LogP contribution in [0, 0.1) is 5.82 Å². The Hall–Kier alpha value is -2.17. The van der Waals surface area contributed by atoms with Gasteiger partial charge in [0.2, 0.25) is 11.8 Å². The van der Waals surface area contributed by atoms with E-state index in [0.717, 1.165) is 6.42 Å². The van der Waals surface area contributed by atoms with Gasteiger partial charge in [0.05, 0.1) is 0 Å². The first kappa shape index (κ1) is 17.2. The third-order valence-corrected chi connectivity index (χ3v) is 3.97. The largest absolute Gasteiger partial charge is 0.329 e. The molecule has 1 fully saturated rings. The Bertz CT molecular complexity index is 623. The molecule has 0 unspecified atom stereocenters. The van der Waals surface area contributed by atoms with E-state index < -0.39 is 6.04 Å². The molecular weight excluding hydrogens is 295 g/mol. The fraction of sp³-hybridized carbons (Fsp3) is 0.444. The molecule has 1 heterocycles. The lowest BCUT2D eigenvalue weighted by Crippen LogP contribution is -2.58. The summed E-state index contributed by atoms with van der Waals surface area (Å²) < 4.78 is 13.3. The fourth-order valence-electron chi connectivity index (χ4n) is 2.75. The molecular formula is C18H23FN2O2. The lowest BCUT2D eigenvalue weighted by atomic mass is 10.1. The van der Waals surface area contributed by atoms with Crippen molar-refractivity contribution in [2.45, 2.75) is 39.8 Å². The minimum absolute atomic E-state index is 0.0501. The van der Waals surface area contributed by atoms with E-state index in [1.54, 1.807) is 24.0 Å². The minimum atomic E-state index is -0.477. The van der Waals surface area contributed by atoms with Crippen molar-refractivity contribution in [2.75, 3.05) is 13.1 Å². The first-order chi connectivity index (χ1) is 10.9. The summed E-state index contributed by atoms with van der Waals surface area (Å²) in [6, 6.07) is 5.64. The highest BCUT2D eigenvalue weighted by molar-refractivity contribution is 5.94. The van der Waals surface area contributed by atoms with E-state index in [2.05, 4.69) is 6.08 Å². The second-order valence-corrected chi connectivity index (χ2v) is 6.16. The van der Waals surface area contributed by atoms with Crippen molar-refractivity contribution in [1.82, 2.24) is 9.80 Å². The van der Waals surface area contributed by atoms with E-state index in [-0.39, 0.29) is 30.7 Å². The molecule has 23 heavy (non-hydrogen) atoms. The quantitative estimate of drug-likeness (QED) is 0.783. The van der Waals surface area contributed by atoms with Gasteiger partial charge in [-0.1, -0.05) is 23.8 Å². The summed E-state index contributed by atoms with van der Waals surface area (Å²) >= 11 is 0. The van der Waals surface area contributed by atoms with Crippen LogP contribution in [-0.2, 0) is 16.1 Å². The van der Waals surface area contributed by atoms with Gasteiger partial charge in [-0.25, -0.2) is 4.39 Å². The van der Waals surface area contributed by atoms with Gasteiger partial charge in [-0.2, -0.15) is 0 Å². The van der Waals surface area contributed by atoms with Crippen LogP contribution in [0.3, 0.4) is 0 Å². The van der Waals surface area contributed by atoms with Gasteiger partial charge in [-0.15, -0.1) is 0 Å². The van der Waals surface area contributed by atoms with Crippen LogP contribution in [0.2, 0.25) is 0 Å². The molecule has 1 aliphatic rings. The van der Waals surface area contributed by atoms with E-state index >= 15 is 0 Å². The number of carbonyl (C=O) groups is 2. The first-order valence-corrected chi connectivity index (χ1v) is 7.84. The molecule has 0 saturated carbocycles. The lowest BCUT2D eigenvalue weighted by Gasteiger charge is -2.38. The fourth-order valence-corrected chi connectivity index (χ4v) is 2.75. The highest BCUT2D eigenvalue weighted by Crippen LogP contribution is 2.16. The van der Waals surface area contributed by atoms with Gasteiger partial charge in [0.15, 0.2) is 0 Å². The Balaban J connectivity index is 2.03. The highest BCUT2D eigenvalue weighted by atomic mass is 19.1. The van der Waals surface area contributed by atoms with Crippen LogP contribution in [0.5, 0.6) is 0 Å². The van der Waals surface area contributed by atoms with E-state index in [4.69, 9.17) is 0 Å². The Kier molecular flexibility index (Phi) is 5.53. The molecule has 1 aromatic carbocycles. The lowest BCUT2D eigenvalue weighted by molar-refractivity contribution is -0.155. The predicted molar refractivity (Wildman–Crippen MR) is 87.0 cm³/mol. The van der Waals surface area contributed by atoms with Gasteiger partial charge in [-0.3, -0.25) is 9.59 Å². The Labute approximate surface area is 136 Å². The summed E-state index contributed by atoms with van der Waals surface area (Å²) in [4.78, 5) is 27.9. The van der Waals surface area contributed by atoms with Gasteiger partial charge in [-0.05, 0) is 44.9 Å². The number of piperazine rings is 1. The third-order valence-electron chi connectivity index (χ3n) is 3.97. The number of hydrogen-bond acceptors (Lipinski definition) is 2. The van der Waals surface area contributed by atoms with Crippen LogP contribution >= 0.6 is 0 Å². The van der Waals surface area contributed by atoms with Gasteiger partial charge >= 0.3 is 0 Å². The standard InChI is InChI=1S/C18H23FN2O2/c1-13(2)6-5-9-21-14(3)18(23)20(12-17(21)22)11-15-7-4-8-16(19)10-15/h4,6-8,10,14H,5,9,11-12H2,1-3H3/t14-/m0/s1. The summed E-state index contributed by atoms with van der Waals surface area (Å²) in [6.07, 6.45) is 2.80.